The van der Waals surface area contributed by atoms with E-state index < -0.39 is 0 Å². The van der Waals surface area contributed by atoms with Gasteiger partial charge >= 0.3 is 0 Å². The molecule has 0 fully saturated rings. The number of carbonyl (C=O) groups is 1. The van der Waals surface area contributed by atoms with Crippen molar-refractivity contribution in [2.24, 2.45) is 5.73 Å². The molecule has 114 valence electrons. The van der Waals surface area contributed by atoms with Crippen molar-refractivity contribution >= 4 is 16.9 Å². The fraction of sp³-hybridized carbons (Fsp3) is 0.500. The number of amides is 1. The second-order valence-electron chi connectivity index (χ2n) is 5.47. The first-order valence-corrected chi connectivity index (χ1v) is 7.56. The highest BCUT2D eigenvalue weighted by atomic mass is 16.1. The number of nitrogens with one attached hydrogen (secondary N) is 1. The van der Waals surface area contributed by atoms with Crippen LogP contribution in [0.25, 0.3) is 11.0 Å². The number of nitrogens with two attached hydrogens (primary N) is 1. The molecule has 0 saturated heterocycles. The minimum absolute atomic E-state index is 0.0626. The third-order valence-corrected chi connectivity index (χ3v) is 3.46. The number of hydrogen-bond acceptors (Lipinski definition) is 3. The van der Waals surface area contributed by atoms with Crippen molar-refractivity contribution < 1.29 is 4.79 Å². The van der Waals surface area contributed by atoms with Crippen molar-refractivity contribution in [2.45, 2.75) is 39.2 Å². The van der Waals surface area contributed by atoms with Crippen molar-refractivity contribution in [1.82, 2.24) is 14.9 Å². The van der Waals surface area contributed by atoms with Crippen LogP contribution in [0.2, 0.25) is 0 Å². The van der Waals surface area contributed by atoms with E-state index in [2.05, 4.69) is 34.8 Å². The van der Waals surface area contributed by atoms with Crippen molar-refractivity contribution in [3.05, 3.63) is 30.1 Å². The fourth-order valence-electron chi connectivity index (χ4n) is 2.51. The lowest BCUT2D eigenvalue weighted by Gasteiger charge is -2.13. The molecule has 0 radical (unpaired) electrons. The highest BCUT2D eigenvalue weighted by molar-refractivity contribution is 5.76. The van der Waals surface area contributed by atoms with Gasteiger partial charge < -0.3 is 15.6 Å². The average Bonchev–Trinajstić information content (AvgIpc) is 2.83. The Morgan fingerprint density at radius 3 is 2.86 bits per heavy atom. The summed E-state index contributed by atoms with van der Waals surface area (Å²) < 4.78 is 2.24. The van der Waals surface area contributed by atoms with Gasteiger partial charge in [-0.3, -0.25) is 4.79 Å². The maximum atomic E-state index is 11.6. The molecule has 0 aliphatic carbocycles. The van der Waals surface area contributed by atoms with Gasteiger partial charge in [-0.1, -0.05) is 12.1 Å². The molecule has 0 spiro atoms. The summed E-state index contributed by atoms with van der Waals surface area (Å²) in [6.07, 6.45) is 1.97. The van der Waals surface area contributed by atoms with Crippen LogP contribution in [-0.4, -0.2) is 28.5 Å². The van der Waals surface area contributed by atoms with E-state index in [9.17, 15) is 4.79 Å². The smallest absolute Gasteiger partial charge is 0.220 e. The van der Waals surface area contributed by atoms with E-state index in [1.54, 1.807) is 0 Å². The normalized spacial score (nSPS) is 11.2. The third-order valence-electron chi connectivity index (χ3n) is 3.46. The lowest BCUT2D eigenvalue weighted by molar-refractivity contribution is -0.121. The molecule has 1 heterocycles. The van der Waals surface area contributed by atoms with Crippen LogP contribution in [0.1, 0.15) is 38.6 Å². The van der Waals surface area contributed by atoms with E-state index in [-0.39, 0.29) is 5.91 Å². The second-order valence-corrected chi connectivity index (χ2v) is 5.47. The molecule has 0 unspecified atom stereocenters. The molecule has 1 aromatic carbocycles. The summed E-state index contributed by atoms with van der Waals surface area (Å²) in [6.45, 7) is 5.46. The van der Waals surface area contributed by atoms with Crippen molar-refractivity contribution in [1.29, 1.82) is 0 Å². The molecule has 21 heavy (non-hydrogen) atoms. The first-order valence-electron chi connectivity index (χ1n) is 7.56. The number of imidazole rings is 1. The molecule has 1 aromatic heterocycles. The van der Waals surface area contributed by atoms with Gasteiger partial charge in [-0.2, -0.15) is 0 Å². The van der Waals surface area contributed by atoms with E-state index in [0.29, 0.717) is 25.6 Å². The summed E-state index contributed by atoms with van der Waals surface area (Å²) in [4.78, 5) is 16.3. The number of hydrogen-bond donors (Lipinski definition) is 2. The van der Waals surface area contributed by atoms with E-state index >= 15 is 0 Å². The number of carbonyl (C=O) groups excluding carboxylic acids is 1. The Labute approximate surface area is 125 Å². The largest absolute Gasteiger partial charge is 0.356 e. The first-order chi connectivity index (χ1) is 10.1. The van der Waals surface area contributed by atoms with Crippen LogP contribution >= 0.6 is 0 Å². The van der Waals surface area contributed by atoms with Gasteiger partial charge in [0.15, 0.2) is 0 Å². The minimum atomic E-state index is 0.0626. The van der Waals surface area contributed by atoms with E-state index in [0.717, 1.165) is 29.7 Å². The van der Waals surface area contributed by atoms with Crippen LogP contribution in [-0.2, 0) is 11.2 Å². The van der Waals surface area contributed by atoms with Gasteiger partial charge in [-0.25, -0.2) is 4.98 Å². The predicted octanol–water partition coefficient (Wildman–Crippen LogP) is 2.01. The van der Waals surface area contributed by atoms with Crippen LogP contribution in [0.15, 0.2) is 24.3 Å². The van der Waals surface area contributed by atoms with Gasteiger partial charge in [0, 0.05) is 25.4 Å². The molecule has 3 N–H and O–H groups in total. The van der Waals surface area contributed by atoms with Gasteiger partial charge in [0.25, 0.3) is 0 Å². The van der Waals surface area contributed by atoms with Crippen molar-refractivity contribution in [2.75, 3.05) is 13.1 Å². The van der Waals surface area contributed by atoms with Crippen LogP contribution in [0, 0.1) is 0 Å². The van der Waals surface area contributed by atoms with Gasteiger partial charge in [0.05, 0.1) is 11.0 Å². The maximum Gasteiger partial charge on any atom is 0.220 e. The summed E-state index contributed by atoms with van der Waals surface area (Å²) in [5, 5.41) is 2.93. The van der Waals surface area contributed by atoms with E-state index in [4.69, 9.17) is 5.73 Å². The number of rotatable bonds is 7. The molecule has 5 nitrogen and oxygen atoms in total. The molecule has 0 bridgehead atoms. The van der Waals surface area contributed by atoms with Crippen LogP contribution in [0.3, 0.4) is 0 Å². The summed E-state index contributed by atoms with van der Waals surface area (Å²) in [5.41, 5.74) is 7.56. The summed E-state index contributed by atoms with van der Waals surface area (Å²) >= 11 is 0. The standard InChI is InChI=1S/C16H24N4O/c1-12(2)20-14-7-4-3-6-13(14)19-15(20)9-11-18-16(21)8-5-10-17/h3-4,6-7,12H,5,8-11,17H2,1-2H3,(H,18,21). The second kappa shape index (κ2) is 7.22. The van der Waals surface area contributed by atoms with E-state index in [1.165, 1.54) is 0 Å². The zero-order chi connectivity index (χ0) is 15.2. The summed E-state index contributed by atoms with van der Waals surface area (Å²) in [6, 6.07) is 8.49. The number of aromatic nitrogens is 2. The highest BCUT2D eigenvalue weighted by Crippen LogP contribution is 2.20. The van der Waals surface area contributed by atoms with Crippen LogP contribution < -0.4 is 11.1 Å². The lowest BCUT2D eigenvalue weighted by Crippen LogP contribution is -2.26. The molecule has 0 atom stereocenters. The zero-order valence-corrected chi connectivity index (χ0v) is 12.8. The van der Waals surface area contributed by atoms with Gasteiger partial charge in [-0.05, 0) is 38.9 Å². The van der Waals surface area contributed by atoms with E-state index in [1.807, 2.05) is 18.2 Å². The lowest BCUT2D eigenvalue weighted by atomic mass is 10.2. The predicted molar refractivity (Wildman–Crippen MR) is 85.1 cm³/mol. The molecule has 0 aliphatic rings. The highest BCUT2D eigenvalue weighted by Gasteiger charge is 2.12. The molecular weight excluding hydrogens is 264 g/mol. The molecule has 0 saturated carbocycles. The van der Waals surface area contributed by atoms with Crippen LogP contribution in [0.4, 0.5) is 0 Å². The Balaban J connectivity index is 2.04. The molecule has 0 aliphatic heterocycles. The Hall–Kier alpha value is -1.88. The van der Waals surface area contributed by atoms with Crippen molar-refractivity contribution in [3.63, 3.8) is 0 Å². The number of fused-ring (bicyclic) bond motifs is 1. The Morgan fingerprint density at radius 1 is 1.38 bits per heavy atom. The third kappa shape index (κ3) is 3.82. The SMILES string of the molecule is CC(C)n1c(CCNC(=O)CCCN)nc2ccccc21. The van der Waals surface area contributed by atoms with Crippen LogP contribution in [0.5, 0.6) is 0 Å². The molecule has 2 rings (SSSR count). The minimum Gasteiger partial charge on any atom is -0.356 e. The monoisotopic (exact) mass is 288 g/mol. The quantitative estimate of drug-likeness (QED) is 0.818. The summed E-state index contributed by atoms with van der Waals surface area (Å²) in [5.74, 6) is 1.08. The topological polar surface area (TPSA) is 72.9 Å². The number of benzene rings is 1. The first kappa shape index (κ1) is 15.5. The molecule has 1 amide bonds. The molecule has 5 heteroatoms. The van der Waals surface area contributed by atoms with Gasteiger partial charge in [0.1, 0.15) is 5.82 Å². The summed E-state index contributed by atoms with van der Waals surface area (Å²) in [7, 11) is 0. The maximum absolute atomic E-state index is 11.6. The van der Waals surface area contributed by atoms with Crippen molar-refractivity contribution in [3.8, 4) is 0 Å². The molecular formula is C16H24N4O. The van der Waals surface area contributed by atoms with Gasteiger partial charge in [0.2, 0.25) is 5.91 Å². The Morgan fingerprint density at radius 2 is 2.14 bits per heavy atom. The number of nitrogens with zero attached hydrogens (tertiary/aromatic N) is 2. The zero-order valence-electron chi connectivity index (χ0n) is 12.8. The van der Waals surface area contributed by atoms with Gasteiger partial charge in [-0.15, -0.1) is 0 Å². The average molecular weight is 288 g/mol. The Kier molecular flexibility index (Phi) is 5.33. The Bertz CT molecular complexity index is 603. The molecule has 2 aromatic rings. The number of para-hydroxylation sites is 2. The fourth-order valence-corrected chi connectivity index (χ4v) is 2.51.